The van der Waals surface area contributed by atoms with Gasteiger partial charge >= 0.3 is 0 Å². The van der Waals surface area contributed by atoms with Crippen LogP contribution in [0.15, 0.2) is 18.2 Å². The highest BCUT2D eigenvalue weighted by Crippen LogP contribution is 2.23. The quantitative estimate of drug-likeness (QED) is 0.621. The van der Waals surface area contributed by atoms with Crippen LogP contribution in [0.25, 0.3) is 0 Å². The maximum atomic E-state index is 13.5. The number of amides is 1. The van der Waals surface area contributed by atoms with E-state index in [1.807, 2.05) is 0 Å². The monoisotopic (exact) mass is 428 g/mol. The maximum absolute atomic E-state index is 13.5. The molecule has 1 amide bonds. The minimum Gasteiger partial charge on any atom is -0.490 e. The van der Waals surface area contributed by atoms with Crippen molar-refractivity contribution < 1.29 is 28.2 Å². The Hall–Kier alpha value is -1.77. The van der Waals surface area contributed by atoms with Gasteiger partial charge in [0.25, 0.3) is 0 Å². The zero-order valence-electron chi connectivity index (χ0n) is 18.2. The topological polar surface area (TPSA) is 62.2 Å². The van der Waals surface area contributed by atoms with E-state index in [1.54, 1.807) is 4.90 Å². The summed E-state index contributed by atoms with van der Waals surface area (Å²) >= 11 is 0. The molecule has 0 bridgehead atoms. The number of carbonyl (C=O) groups is 1. The number of benzene rings is 1. The smallest absolute Gasteiger partial charge is 0.248 e. The number of rotatable bonds is 10. The molecule has 1 saturated heterocycles. The van der Waals surface area contributed by atoms with Crippen LogP contribution in [0.3, 0.4) is 0 Å². The normalized spacial score (nSPS) is 20.4. The van der Waals surface area contributed by atoms with Gasteiger partial charge < -0.3 is 19.5 Å². The lowest BCUT2D eigenvalue weighted by molar-refractivity contribution is -0.138. The molecular formula is C22H34F2N2O4. The molecule has 0 aromatic heterocycles. The summed E-state index contributed by atoms with van der Waals surface area (Å²) in [6.07, 6.45) is 4.02. The van der Waals surface area contributed by atoms with Gasteiger partial charge in [0.2, 0.25) is 5.91 Å². The van der Waals surface area contributed by atoms with E-state index in [9.17, 15) is 18.7 Å². The first-order chi connectivity index (χ1) is 14.3. The Balaban J connectivity index is 2.21. The molecule has 1 atom stereocenters. The second kappa shape index (κ2) is 11.6. The standard InChI is InChI=1S/C22H34F2N2O4/c1-4-6-19(7-5-2)25-8-9-26(21(27)13-29-3)15-22(28,14-25)16-30-20-11-17(23)10-18(24)12-20/h10-12,19,28H,4-9,13-16H2,1-3H3/t22-/m0/s1. The molecule has 170 valence electrons. The molecule has 0 aliphatic carbocycles. The third-order valence-corrected chi connectivity index (χ3v) is 5.36. The fourth-order valence-electron chi connectivity index (χ4n) is 4.03. The molecule has 1 heterocycles. The zero-order chi connectivity index (χ0) is 22.1. The van der Waals surface area contributed by atoms with Crippen molar-refractivity contribution in [1.29, 1.82) is 0 Å². The Kier molecular flexibility index (Phi) is 9.45. The minimum absolute atomic E-state index is 0.00477. The number of nitrogens with zero attached hydrogens (tertiary/aromatic N) is 2. The number of methoxy groups -OCH3 is 1. The van der Waals surface area contributed by atoms with Gasteiger partial charge in [0, 0.05) is 51.0 Å². The summed E-state index contributed by atoms with van der Waals surface area (Å²) in [4.78, 5) is 16.2. The molecule has 1 aromatic rings. The first kappa shape index (κ1) is 24.5. The molecule has 0 spiro atoms. The molecule has 0 radical (unpaired) electrons. The van der Waals surface area contributed by atoms with Crippen LogP contribution in [0, 0.1) is 11.6 Å². The first-order valence-corrected chi connectivity index (χ1v) is 10.6. The van der Waals surface area contributed by atoms with Crippen molar-refractivity contribution in [3.8, 4) is 5.75 Å². The van der Waals surface area contributed by atoms with Crippen LogP contribution in [-0.4, -0.2) is 79.0 Å². The Labute approximate surface area is 177 Å². The van der Waals surface area contributed by atoms with Crippen LogP contribution >= 0.6 is 0 Å². The van der Waals surface area contributed by atoms with Gasteiger partial charge in [-0.1, -0.05) is 26.7 Å². The molecule has 1 aliphatic heterocycles. The average molecular weight is 429 g/mol. The number of ether oxygens (including phenoxy) is 2. The molecule has 6 nitrogen and oxygen atoms in total. The highest BCUT2D eigenvalue weighted by atomic mass is 19.1. The molecule has 2 rings (SSSR count). The molecule has 8 heteroatoms. The SMILES string of the molecule is CCCC(CCC)N1CCN(C(=O)COC)C[C@](O)(COc2cc(F)cc(F)c2)C1. The van der Waals surface area contributed by atoms with Crippen molar-refractivity contribution in [3.63, 3.8) is 0 Å². The van der Waals surface area contributed by atoms with Gasteiger partial charge in [-0.15, -0.1) is 0 Å². The van der Waals surface area contributed by atoms with Gasteiger partial charge in [-0.3, -0.25) is 9.69 Å². The van der Waals surface area contributed by atoms with Gasteiger partial charge in [0.05, 0.1) is 6.54 Å². The Morgan fingerprint density at radius 3 is 2.33 bits per heavy atom. The first-order valence-electron chi connectivity index (χ1n) is 10.6. The molecule has 0 saturated carbocycles. The van der Waals surface area contributed by atoms with E-state index in [1.165, 1.54) is 7.11 Å². The van der Waals surface area contributed by atoms with Gasteiger partial charge in [-0.05, 0) is 12.8 Å². The predicted molar refractivity (Wildman–Crippen MR) is 110 cm³/mol. The van der Waals surface area contributed by atoms with E-state index in [2.05, 4.69) is 18.7 Å². The molecule has 1 aliphatic rings. The van der Waals surface area contributed by atoms with Crippen LogP contribution in [0.4, 0.5) is 8.78 Å². The van der Waals surface area contributed by atoms with Crippen molar-refractivity contribution in [1.82, 2.24) is 9.80 Å². The summed E-state index contributed by atoms with van der Waals surface area (Å²) < 4.78 is 37.5. The van der Waals surface area contributed by atoms with Crippen LogP contribution in [0.2, 0.25) is 0 Å². The van der Waals surface area contributed by atoms with Crippen molar-refractivity contribution in [2.45, 2.75) is 51.2 Å². The lowest BCUT2D eigenvalue weighted by Crippen LogP contribution is -2.53. The number of carbonyl (C=O) groups excluding carboxylic acids is 1. The number of halogens is 2. The predicted octanol–water partition coefficient (Wildman–Crippen LogP) is 2.83. The summed E-state index contributed by atoms with van der Waals surface area (Å²) in [5, 5.41) is 11.4. The van der Waals surface area contributed by atoms with Crippen molar-refractivity contribution >= 4 is 5.91 Å². The number of hydrogen-bond donors (Lipinski definition) is 1. The van der Waals surface area contributed by atoms with Gasteiger partial charge in [0.1, 0.15) is 36.2 Å². The van der Waals surface area contributed by atoms with E-state index in [-0.39, 0.29) is 37.5 Å². The molecule has 1 aromatic carbocycles. The van der Waals surface area contributed by atoms with E-state index in [0.717, 1.165) is 43.9 Å². The molecule has 0 unspecified atom stereocenters. The van der Waals surface area contributed by atoms with E-state index in [4.69, 9.17) is 9.47 Å². The van der Waals surface area contributed by atoms with Gasteiger partial charge in [0.15, 0.2) is 0 Å². The van der Waals surface area contributed by atoms with Crippen molar-refractivity contribution in [2.24, 2.45) is 0 Å². The minimum atomic E-state index is -1.39. The van der Waals surface area contributed by atoms with Crippen LogP contribution < -0.4 is 4.74 Å². The summed E-state index contributed by atoms with van der Waals surface area (Å²) in [5.41, 5.74) is -1.39. The maximum Gasteiger partial charge on any atom is 0.248 e. The molecular weight excluding hydrogens is 394 g/mol. The Morgan fingerprint density at radius 2 is 1.77 bits per heavy atom. The third kappa shape index (κ3) is 7.18. The van der Waals surface area contributed by atoms with E-state index >= 15 is 0 Å². The molecule has 1 fully saturated rings. The van der Waals surface area contributed by atoms with Gasteiger partial charge in [-0.2, -0.15) is 0 Å². The van der Waals surface area contributed by atoms with Crippen molar-refractivity contribution in [3.05, 3.63) is 29.8 Å². The summed E-state index contributed by atoms with van der Waals surface area (Å²) in [6, 6.07) is 3.20. The second-order valence-electron chi connectivity index (χ2n) is 8.07. The highest BCUT2D eigenvalue weighted by Gasteiger charge is 2.39. The Bertz CT molecular complexity index is 665. The van der Waals surface area contributed by atoms with E-state index in [0.29, 0.717) is 19.6 Å². The Morgan fingerprint density at radius 1 is 1.13 bits per heavy atom. The van der Waals surface area contributed by atoms with Crippen molar-refractivity contribution in [2.75, 3.05) is 46.5 Å². The van der Waals surface area contributed by atoms with Gasteiger partial charge in [-0.25, -0.2) is 8.78 Å². The van der Waals surface area contributed by atoms with Crippen LogP contribution in [-0.2, 0) is 9.53 Å². The van der Waals surface area contributed by atoms with Crippen LogP contribution in [0.5, 0.6) is 5.75 Å². The largest absolute Gasteiger partial charge is 0.490 e. The summed E-state index contributed by atoms with van der Waals surface area (Å²) in [6.45, 7) is 5.49. The number of aliphatic hydroxyl groups is 1. The van der Waals surface area contributed by atoms with Crippen LogP contribution in [0.1, 0.15) is 39.5 Å². The lowest BCUT2D eigenvalue weighted by atomic mass is 10.00. The summed E-state index contributed by atoms with van der Waals surface area (Å²) in [7, 11) is 1.45. The fraction of sp³-hybridized carbons (Fsp3) is 0.682. The fourth-order valence-corrected chi connectivity index (χ4v) is 4.03. The second-order valence-corrected chi connectivity index (χ2v) is 8.07. The number of hydrogen-bond acceptors (Lipinski definition) is 5. The van der Waals surface area contributed by atoms with E-state index < -0.39 is 17.2 Å². The zero-order valence-corrected chi connectivity index (χ0v) is 18.2. The molecule has 30 heavy (non-hydrogen) atoms. The summed E-state index contributed by atoms with van der Waals surface area (Å²) in [5.74, 6) is -1.70. The average Bonchev–Trinajstić information content (AvgIpc) is 2.85. The third-order valence-electron chi connectivity index (χ3n) is 5.36. The molecule has 1 N–H and O–H groups in total. The number of β-amino-alcohol motifs (C(OH)–C–C–N with tert-alkyl or cyclic N) is 1. The lowest BCUT2D eigenvalue weighted by Gasteiger charge is -2.36. The highest BCUT2D eigenvalue weighted by molar-refractivity contribution is 5.77.